The Bertz CT molecular complexity index is 2040. The van der Waals surface area contributed by atoms with E-state index in [0.29, 0.717) is 17.8 Å². The number of aryl methyl sites for hydroxylation is 1. The highest BCUT2D eigenvalue weighted by Gasteiger charge is 2.25. The molecule has 0 aliphatic carbocycles. The number of nitrogens with one attached hydrogen (secondary N) is 1. The van der Waals surface area contributed by atoms with Crippen LogP contribution in [0.2, 0.25) is 5.02 Å². The van der Waals surface area contributed by atoms with Gasteiger partial charge in [-0.3, -0.25) is 13.7 Å². The van der Waals surface area contributed by atoms with E-state index < -0.39 is 61.9 Å². The second-order valence-corrected chi connectivity index (χ2v) is 12.6. The zero-order chi connectivity index (χ0) is 29.6. The first-order valence-electron chi connectivity index (χ1n) is 10.5. The minimum absolute atomic E-state index is 0.0155. The van der Waals surface area contributed by atoms with Crippen molar-refractivity contribution in [2.75, 3.05) is 5.32 Å². The number of anilines is 2. The molecule has 4 rings (SSSR count). The van der Waals surface area contributed by atoms with Gasteiger partial charge < -0.3 is 5.32 Å². The number of hydrogen-bond donors (Lipinski definition) is 4. The molecular formula is C21H15ClFN5O9S3. The molecule has 3 aromatic carbocycles. The van der Waals surface area contributed by atoms with Crippen molar-refractivity contribution in [2.45, 2.75) is 21.6 Å². The maximum absolute atomic E-state index is 13.5. The third-order valence-corrected chi connectivity index (χ3v) is 8.28. The largest absolute Gasteiger partial charge is 0.339 e. The molecule has 210 valence electrons. The molecule has 4 aromatic rings. The predicted octanol–water partition coefficient (Wildman–Crippen LogP) is 4.63. The van der Waals surface area contributed by atoms with Gasteiger partial charge in [0.2, 0.25) is 0 Å². The van der Waals surface area contributed by atoms with Gasteiger partial charge in [0.05, 0.1) is 22.0 Å². The van der Waals surface area contributed by atoms with Gasteiger partial charge in [-0.1, -0.05) is 11.6 Å². The Kier molecular flexibility index (Phi) is 7.62. The predicted molar refractivity (Wildman–Crippen MR) is 139 cm³/mol. The first-order valence-corrected chi connectivity index (χ1v) is 15.2. The molecular weight excluding hydrogens is 617 g/mol. The topological polar surface area (TPSA) is 226 Å². The van der Waals surface area contributed by atoms with Gasteiger partial charge in [0.25, 0.3) is 30.4 Å². The molecule has 0 atom stereocenters. The van der Waals surface area contributed by atoms with Crippen LogP contribution in [0.1, 0.15) is 5.69 Å². The van der Waals surface area contributed by atoms with Crippen molar-refractivity contribution in [1.82, 2.24) is 9.97 Å². The van der Waals surface area contributed by atoms with Gasteiger partial charge in [-0.2, -0.15) is 44.9 Å². The second kappa shape index (κ2) is 10.4. The van der Waals surface area contributed by atoms with Crippen LogP contribution < -0.4 is 5.32 Å². The van der Waals surface area contributed by atoms with E-state index in [0.717, 1.165) is 12.1 Å². The van der Waals surface area contributed by atoms with Crippen LogP contribution in [0.25, 0.3) is 10.8 Å². The fourth-order valence-corrected chi connectivity index (χ4v) is 5.64. The first-order chi connectivity index (χ1) is 18.4. The van der Waals surface area contributed by atoms with E-state index in [2.05, 4.69) is 25.5 Å². The van der Waals surface area contributed by atoms with Crippen molar-refractivity contribution < 1.29 is 43.3 Å². The van der Waals surface area contributed by atoms with E-state index in [1.807, 2.05) is 0 Å². The molecule has 4 N–H and O–H groups in total. The number of hydrogen-bond acceptors (Lipinski definition) is 11. The van der Waals surface area contributed by atoms with E-state index in [4.69, 9.17) is 11.6 Å². The van der Waals surface area contributed by atoms with Crippen LogP contribution >= 0.6 is 11.6 Å². The van der Waals surface area contributed by atoms with Gasteiger partial charge in [-0.25, -0.2) is 4.98 Å². The molecule has 1 heterocycles. The van der Waals surface area contributed by atoms with Crippen molar-refractivity contribution in [3.8, 4) is 0 Å². The molecule has 1 aromatic heterocycles. The number of benzene rings is 3. The Morgan fingerprint density at radius 2 is 1.32 bits per heavy atom. The molecule has 0 saturated heterocycles. The Labute approximate surface area is 230 Å². The first kappa shape index (κ1) is 29.3. The summed E-state index contributed by atoms with van der Waals surface area (Å²) in [5.74, 6) is 0.0155. The lowest BCUT2D eigenvalue weighted by Gasteiger charge is -2.11. The van der Waals surface area contributed by atoms with Crippen LogP contribution in [-0.2, 0) is 30.4 Å². The van der Waals surface area contributed by atoms with Crippen LogP contribution in [0.15, 0.2) is 73.4 Å². The quantitative estimate of drug-likeness (QED) is 0.124. The van der Waals surface area contributed by atoms with E-state index in [9.17, 15) is 43.3 Å². The third-order valence-electron chi connectivity index (χ3n) is 5.21. The van der Waals surface area contributed by atoms with Crippen LogP contribution in [0, 0.1) is 13.0 Å². The summed E-state index contributed by atoms with van der Waals surface area (Å²) in [6, 6.07) is 8.63. The molecule has 0 bridgehead atoms. The average Bonchev–Trinajstić information content (AvgIpc) is 2.83. The van der Waals surface area contributed by atoms with Crippen molar-refractivity contribution in [2.24, 2.45) is 10.2 Å². The van der Waals surface area contributed by atoms with Crippen LogP contribution in [0.4, 0.5) is 27.3 Å². The maximum atomic E-state index is 13.5. The third kappa shape index (κ3) is 6.39. The molecule has 0 saturated carbocycles. The summed E-state index contributed by atoms with van der Waals surface area (Å²) < 4.78 is 114. The highest BCUT2D eigenvalue weighted by atomic mass is 35.5. The van der Waals surface area contributed by atoms with Crippen LogP contribution in [0.3, 0.4) is 0 Å². The van der Waals surface area contributed by atoms with Crippen molar-refractivity contribution in [3.05, 3.63) is 65.3 Å². The van der Waals surface area contributed by atoms with Crippen molar-refractivity contribution in [1.29, 1.82) is 0 Å². The molecule has 0 aliphatic heterocycles. The zero-order valence-corrected chi connectivity index (χ0v) is 22.9. The number of halogens is 2. The minimum atomic E-state index is -5.17. The molecule has 0 spiro atoms. The number of nitrogens with zero attached hydrogens (tertiary/aromatic N) is 4. The summed E-state index contributed by atoms with van der Waals surface area (Å²) in [7, 11) is -15.3. The van der Waals surface area contributed by atoms with E-state index >= 15 is 0 Å². The van der Waals surface area contributed by atoms with Gasteiger partial charge in [0, 0.05) is 16.5 Å². The molecule has 40 heavy (non-hydrogen) atoms. The van der Waals surface area contributed by atoms with Crippen LogP contribution in [0.5, 0.6) is 0 Å². The van der Waals surface area contributed by atoms with E-state index in [1.54, 1.807) is 0 Å². The molecule has 0 unspecified atom stereocenters. The standard InChI is InChI=1S/C21H15ClFN5O9S3/c1-10-19(22)20(26-21(23)24-10)25-11-2-4-12(5-3-11)27-28-13-6-15-16(17(7-13)39(32,33)34)8-14(38(29,30)31)9-18(15)40(35,36)37/h2-9H,1H3,(H,24,25,26)(H,29,30,31)(H,32,33,34)(H,35,36,37). The monoisotopic (exact) mass is 631 g/mol. The second-order valence-electron chi connectivity index (χ2n) is 8.00. The Balaban J connectivity index is 1.77. The fourth-order valence-electron chi connectivity index (χ4n) is 3.46. The lowest BCUT2D eigenvalue weighted by Crippen LogP contribution is -2.07. The average molecular weight is 632 g/mol. The Morgan fingerprint density at radius 3 is 1.90 bits per heavy atom. The van der Waals surface area contributed by atoms with Gasteiger partial charge in [0.1, 0.15) is 14.8 Å². The number of azo groups is 1. The van der Waals surface area contributed by atoms with Crippen molar-refractivity contribution in [3.63, 3.8) is 0 Å². The summed E-state index contributed by atoms with van der Waals surface area (Å²) >= 11 is 6.08. The van der Waals surface area contributed by atoms with Gasteiger partial charge in [0.15, 0.2) is 5.82 Å². The summed E-state index contributed by atoms with van der Waals surface area (Å²) in [6.45, 7) is 1.49. The zero-order valence-electron chi connectivity index (χ0n) is 19.7. The summed E-state index contributed by atoms with van der Waals surface area (Å²) in [5, 5.41) is 9.47. The fraction of sp³-hybridized carbons (Fsp3) is 0.0476. The smallest absolute Gasteiger partial charge is 0.310 e. The highest BCUT2D eigenvalue weighted by Crippen LogP contribution is 2.36. The van der Waals surface area contributed by atoms with Gasteiger partial charge in [-0.15, -0.1) is 0 Å². The van der Waals surface area contributed by atoms with Gasteiger partial charge >= 0.3 is 6.08 Å². The molecule has 0 fully saturated rings. The Morgan fingerprint density at radius 1 is 0.775 bits per heavy atom. The molecule has 0 radical (unpaired) electrons. The Hall–Kier alpha value is -3.65. The number of rotatable bonds is 7. The molecule has 0 aliphatic rings. The van der Waals surface area contributed by atoms with Crippen molar-refractivity contribution >= 4 is 75.6 Å². The summed E-state index contributed by atoms with van der Waals surface area (Å²) in [6.07, 6.45) is -0.985. The number of fused-ring (bicyclic) bond motifs is 1. The molecule has 0 amide bonds. The maximum Gasteiger partial charge on any atom is 0.310 e. The summed E-state index contributed by atoms with van der Waals surface area (Å²) in [4.78, 5) is 3.98. The van der Waals surface area contributed by atoms with E-state index in [1.165, 1.54) is 31.2 Å². The minimum Gasteiger partial charge on any atom is -0.339 e. The lowest BCUT2D eigenvalue weighted by atomic mass is 10.1. The van der Waals surface area contributed by atoms with E-state index in [-0.39, 0.29) is 27.9 Å². The molecule has 14 nitrogen and oxygen atoms in total. The number of aromatic nitrogens is 2. The normalized spacial score (nSPS) is 12.8. The van der Waals surface area contributed by atoms with Gasteiger partial charge in [-0.05, 0) is 55.5 Å². The SMILES string of the molecule is Cc1nc(F)nc(Nc2ccc(N=Nc3cc(S(=O)(=O)O)c4cc(S(=O)(=O)O)cc(S(=O)(=O)O)c4c3)cc2)c1Cl. The van der Waals surface area contributed by atoms with Crippen LogP contribution in [-0.4, -0.2) is 48.9 Å². The summed E-state index contributed by atoms with van der Waals surface area (Å²) in [5.41, 5.74) is 0.524. The highest BCUT2D eigenvalue weighted by molar-refractivity contribution is 7.87. The molecule has 19 heteroatoms. The lowest BCUT2D eigenvalue weighted by molar-refractivity contribution is 0.478.